The SMILES string of the molecule is Cc1cc(C)c(N2C=CN(c3[c-]c(N4[CH-]N(c5c(C)cc(C)cc5C)c5ccccc54)cc(C(F)(F)F)c3)[CH-]2)c(C)c1.[C-]#N.[Pt+4]. The van der Waals surface area contributed by atoms with Gasteiger partial charge in [0.25, 0.3) is 0 Å². The number of nitrogens with zero attached hydrogens (tertiary/aromatic N) is 5. The Morgan fingerprint density at radius 1 is 0.644 bits per heavy atom. The summed E-state index contributed by atoms with van der Waals surface area (Å²) in [5, 5.41) is 6.25. The molecule has 0 aliphatic carbocycles. The molecule has 2 heterocycles. The summed E-state index contributed by atoms with van der Waals surface area (Å²) < 4.78 is 42.8. The molecule has 0 amide bonds. The van der Waals surface area contributed by atoms with Gasteiger partial charge in [-0.15, -0.1) is 42.9 Å². The Hall–Kier alpha value is -4.21. The van der Waals surface area contributed by atoms with Gasteiger partial charge in [0.05, 0.1) is 0 Å². The van der Waals surface area contributed by atoms with Crippen molar-refractivity contribution in [2.45, 2.75) is 47.7 Å². The number of para-hydroxylation sites is 2. The maximum Gasteiger partial charge on any atom is 4.00 e. The first-order valence-corrected chi connectivity index (χ1v) is 14.1. The van der Waals surface area contributed by atoms with Crippen molar-refractivity contribution in [1.82, 2.24) is 0 Å². The van der Waals surface area contributed by atoms with Gasteiger partial charge in [-0.2, -0.15) is 13.2 Å². The second kappa shape index (κ2) is 13.0. The molecule has 0 atom stereocenters. The summed E-state index contributed by atoms with van der Waals surface area (Å²) in [7, 11) is 0. The monoisotopic (exact) mass is 786 g/mol. The molecule has 2 aliphatic heterocycles. The molecule has 0 spiro atoms. The van der Waals surface area contributed by atoms with E-state index in [-0.39, 0.29) is 21.1 Å². The predicted molar refractivity (Wildman–Crippen MR) is 170 cm³/mol. The molecule has 4 aromatic carbocycles. The van der Waals surface area contributed by atoms with Crippen LogP contribution in [-0.4, -0.2) is 0 Å². The molecule has 9 heteroatoms. The van der Waals surface area contributed by atoms with Crippen LogP contribution in [-0.2, 0) is 27.2 Å². The van der Waals surface area contributed by atoms with Crippen LogP contribution in [0.2, 0.25) is 0 Å². The van der Waals surface area contributed by atoms with Crippen LogP contribution < -0.4 is 19.6 Å². The van der Waals surface area contributed by atoms with Crippen molar-refractivity contribution in [3.05, 3.63) is 138 Å². The van der Waals surface area contributed by atoms with Gasteiger partial charge in [0.2, 0.25) is 0 Å². The van der Waals surface area contributed by atoms with Gasteiger partial charge in [-0.05, 0) is 88.3 Å². The number of halogens is 3. The van der Waals surface area contributed by atoms with Crippen molar-refractivity contribution in [3.8, 4) is 0 Å². The van der Waals surface area contributed by atoms with Crippen molar-refractivity contribution in [3.63, 3.8) is 0 Å². The second-order valence-electron chi connectivity index (χ2n) is 11.2. The van der Waals surface area contributed by atoms with Crippen molar-refractivity contribution in [1.29, 1.82) is 5.26 Å². The topological polar surface area (TPSA) is 36.8 Å². The van der Waals surface area contributed by atoms with Crippen LogP contribution in [0.25, 0.3) is 0 Å². The summed E-state index contributed by atoms with van der Waals surface area (Å²) in [6.07, 6.45) is -0.906. The van der Waals surface area contributed by atoms with E-state index < -0.39 is 11.7 Å². The van der Waals surface area contributed by atoms with Gasteiger partial charge in [-0.1, -0.05) is 53.1 Å². The van der Waals surface area contributed by atoms with Gasteiger partial charge in [0.1, 0.15) is 0 Å². The molecule has 0 N–H and O–H groups in total. The number of aryl methyl sites for hydroxylation is 6. The molecule has 232 valence electrons. The molecule has 5 nitrogen and oxygen atoms in total. The van der Waals surface area contributed by atoms with E-state index in [0.717, 1.165) is 62.2 Å². The molecule has 0 radical (unpaired) electrons. The van der Waals surface area contributed by atoms with Crippen molar-refractivity contribution >= 4 is 34.1 Å². The van der Waals surface area contributed by atoms with Crippen LogP contribution in [0.3, 0.4) is 0 Å². The summed E-state index contributed by atoms with van der Waals surface area (Å²) in [5.74, 6) is 0. The Kier molecular flexibility index (Phi) is 9.75. The van der Waals surface area contributed by atoms with Crippen LogP contribution in [0.5, 0.6) is 0 Å². The quantitative estimate of drug-likeness (QED) is 0.193. The maximum absolute atomic E-state index is 14.3. The van der Waals surface area contributed by atoms with E-state index in [2.05, 4.69) is 62.9 Å². The minimum Gasteiger partial charge on any atom is -0.512 e. The Labute approximate surface area is 278 Å². The number of benzene rings is 4. The summed E-state index contributed by atoms with van der Waals surface area (Å²) >= 11 is 0. The Bertz CT molecular complexity index is 1730. The number of rotatable bonds is 4. The van der Waals surface area contributed by atoms with Gasteiger partial charge in [0, 0.05) is 22.7 Å². The Morgan fingerprint density at radius 3 is 1.64 bits per heavy atom. The van der Waals surface area contributed by atoms with Gasteiger partial charge in [0.15, 0.2) is 0 Å². The predicted octanol–water partition coefficient (Wildman–Crippen LogP) is 9.78. The zero-order valence-corrected chi connectivity index (χ0v) is 28.0. The normalized spacial score (nSPS) is 13.8. The molecule has 0 fully saturated rings. The number of alkyl halides is 3. The summed E-state index contributed by atoms with van der Waals surface area (Å²) in [4.78, 5) is 7.48. The fourth-order valence-corrected chi connectivity index (χ4v) is 6.22. The average molecular weight is 787 g/mol. The van der Waals surface area contributed by atoms with E-state index in [1.807, 2.05) is 55.9 Å². The van der Waals surface area contributed by atoms with E-state index in [9.17, 15) is 13.2 Å². The van der Waals surface area contributed by atoms with Crippen LogP contribution in [0, 0.1) is 72.8 Å². The zero-order valence-electron chi connectivity index (χ0n) is 25.8. The van der Waals surface area contributed by atoms with Crippen LogP contribution in [0.4, 0.5) is 47.3 Å². The van der Waals surface area contributed by atoms with Crippen molar-refractivity contribution in [2.75, 3.05) is 19.6 Å². The smallest absolute Gasteiger partial charge is 0.512 e. The molecule has 0 bridgehead atoms. The molecule has 0 unspecified atom stereocenters. The number of anilines is 6. The molecule has 0 saturated carbocycles. The van der Waals surface area contributed by atoms with Gasteiger partial charge in [-0.3, -0.25) is 0 Å². The fraction of sp³-hybridized carbons (Fsp3) is 0.194. The standard InChI is InChI=1S/C35H32F3N4.CN.Pt/c1-22-13-24(3)33(25(4)14-22)40-12-11-39(20-40)29-17-28(35(36,37)38)18-30(19-29)41-21-42(32-10-8-7-9-31(32)41)34-26(5)15-23(2)16-27(34)6;1-2;/h7-18,20-21H,1-6H3;;/q-3;-1;+4. The molecular formula is C36H32F3N5Pt. The molecule has 2 aliphatic rings. The van der Waals surface area contributed by atoms with Crippen molar-refractivity contribution < 1.29 is 34.2 Å². The fourth-order valence-electron chi connectivity index (χ4n) is 6.22. The number of fused-ring (bicyclic) bond motifs is 1. The summed E-state index contributed by atoms with van der Waals surface area (Å²) in [5.41, 5.74) is 10.3. The Morgan fingerprint density at radius 2 is 1.11 bits per heavy atom. The molecule has 6 rings (SSSR count). The molecule has 4 aromatic rings. The second-order valence-corrected chi connectivity index (χ2v) is 11.2. The van der Waals surface area contributed by atoms with Gasteiger partial charge >= 0.3 is 27.2 Å². The van der Waals surface area contributed by atoms with E-state index in [1.54, 1.807) is 22.7 Å². The molecule has 0 aromatic heterocycles. The Balaban J connectivity index is 0.00000151. The summed E-state index contributed by atoms with van der Waals surface area (Å²) in [6.45, 7) is 20.7. The molecule has 0 saturated heterocycles. The molecular weight excluding hydrogens is 755 g/mol. The van der Waals surface area contributed by atoms with Crippen LogP contribution >= 0.6 is 0 Å². The minimum absolute atomic E-state index is 0. The first-order chi connectivity index (χ1) is 20.9. The first-order valence-electron chi connectivity index (χ1n) is 14.1. The van der Waals surface area contributed by atoms with Crippen LogP contribution in [0.15, 0.2) is 73.1 Å². The third-order valence-corrected chi connectivity index (χ3v) is 7.74. The first kappa shape index (κ1) is 33.7. The van der Waals surface area contributed by atoms with E-state index >= 15 is 0 Å². The van der Waals surface area contributed by atoms with Gasteiger partial charge < -0.3 is 31.4 Å². The van der Waals surface area contributed by atoms with E-state index in [4.69, 9.17) is 11.8 Å². The largest absolute Gasteiger partial charge is 4.00 e. The zero-order chi connectivity index (χ0) is 31.9. The van der Waals surface area contributed by atoms with Gasteiger partial charge in [-0.25, -0.2) is 0 Å². The summed E-state index contributed by atoms with van der Waals surface area (Å²) in [6, 6.07) is 21.8. The minimum atomic E-state index is -4.53. The third kappa shape index (κ3) is 6.46. The maximum atomic E-state index is 14.3. The van der Waals surface area contributed by atoms with E-state index in [1.165, 1.54) is 6.07 Å². The van der Waals surface area contributed by atoms with Crippen LogP contribution in [0.1, 0.15) is 38.9 Å². The average Bonchev–Trinajstić information content (AvgIpc) is 3.58. The third-order valence-electron chi connectivity index (χ3n) is 7.74. The molecule has 45 heavy (non-hydrogen) atoms. The number of hydrogen-bond donors (Lipinski definition) is 0. The van der Waals surface area contributed by atoms with E-state index in [0.29, 0.717) is 11.4 Å². The number of hydrogen-bond acceptors (Lipinski definition) is 5. The van der Waals surface area contributed by atoms with Crippen molar-refractivity contribution in [2.24, 2.45) is 0 Å².